The summed E-state index contributed by atoms with van der Waals surface area (Å²) < 4.78 is 15.0. The number of halogens is 1. The number of hydrogen-bond acceptors (Lipinski definition) is 3. The van der Waals surface area contributed by atoms with Crippen LogP contribution in [0.15, 0.2) is 48.7 Å². The van der Waals surface area contributed by atoms with Crippen molar-refractivity contribution in [3.05, 3.63) is 65.5 Å². The SMILES string of the molecule is NC(=O)c1ccc(CN2CCC(F)(c3ccccn3)CC2)cc1. The number of primary amides is 1. The number of pyridine rings is 1. The van der Waals surface area contributed by atoms with Crippen LogP contribution >= 0.6 is 0 Å². The highest BCUT2D eigenvalue weighted by atomic mass is 19.1. The molecule has 1 saturated heterocycles. The minimum atomic E-state index is -1.33. The van der Waals surface area contributed by atoms with Gasteiger partial charge in [0.05, 0.1) is 5.69 Å². The van der Waals surface area contributed by atoms with Gasteiger partial charge in [-0.3, -0.25) is 14.7 Å². The van der Waals surface area contributed by atoms with E-state index in [-0.39, 0.29) is 0 Å². The number of amides is 1. The molecule has 2 heterocycles. The number of hydrogen-bond donors (Lipinski definition) is 1. The molecule has 2 N–H and O–H groups in total. The summed E-state index contributed by atoms with van der Waals surface area (Å²) in [5, 5.41) is 0. The number of rotatable bonds is 4. The van der Waals surface area contributed by atoms with Crippen molar-refractivity contribution >= 4 is 5.91 Å². The second-order valence-corrected chi connectivity index (χ2v) is 6.02. The minimum absolute atomic E-state index is 0.424. The van der Waals surface area contributed by atoms with Crippen LogP contribution < -0.4 is 5.73 Å². The molecular formula is C18H20FN3O. The Balaban J connectivity index is 1.60. The van der Waals surface area contributed by atoms with Gasteiger partial charge in [0.15, 0.2) is 5.67 Å². The Hall–Kier alpha value is -2.27. The van der Waals surface area contributed by atoms with Crippen LogP contribution in [0.5, 0.6) is 0 Å². The zero-order valence-electron chi connectivity index (χ0n) is 12.9. The Morgan fingerprint density at radius 2 is 1.87 bits per heavy atom. The number of nitrogens with zero attached hydrogens (tertiary/aromatic N) is 2. The van der Waals surface area contributed by atoms with Crippen LogP contribution in [-0.4, -0.2) is 28.9 Å². The molecule has 120 valence electrons. The Kier molecular flexibility index (Phi) is 4.39. The van der Waals surface area contributed by atoms with E-state index in [1.165, 1.54) is 0 Å². The minimum Gasteiger partial charge on any atom is -0.366 e. The third-order valence-corrected chi connectivity index (χ3v) is 4.42. The standard InChI is InChI=1S/C18H20FN3O/c19-18(16-3-1-2-10-21-16)8-11-22(12-9-18)13-14-4-6-15(7-5-14)17(20)23/h1-7,10H,8-9,11-13H2,(H2,20,23). The van der Waals surface area contributed by atoms with Crippen LogP contribution in [0.2, 0.25) is 0 Å². The van der Waals surface area contributed by atoms with Crippen LogP contribution in [0, 0.1) is 0 Å². The molecule has 0 unspecified atom stereocenters. The molecule has 5 heteroatoms. The molecule has 0 atom stereocenters. The Morgan fingerprint density at radius 3 is 2.43 bits per heavy atom. The third kappa shape index (κ3) is 3.56. The molecule has 1 aromatic carbocycles. The first-order valence-corrected chi connectivity index (χ1v) is 7.78. The summed E-state index contributed by atoms with van der Waals surface area (Å²) >= 11 is 0. The van der Waals surface area contributed by atoms with Crippen LogP contribution in [0.3, 0.4) is 0 Å². The van der Waals surface area contributed by atoms with E-state index >= 15 is 4.39 Å². The summed E-state index contributed by atoms with van der Waals surface area (Å²) in [6, 6.07) is 12.7. The molecule has 2 aromatic rings. The summed E-state index contributed by atoms with van der Waals surface area (Å²) in [6.07, 6.45) is 2.54. The Morgan fingerprint density at radius 1 is 1.17 bits per heavy atom. The van der Waals surface area contributed by atoms with Crippen molar-refractivity contribution in [2.75, 3.05) is 13.1 Å². The van der Waals surface area contributed by atoms with Crippen molar-refractivity contribution in [1.29, 1.82) is 0 Å². The summed E-state index contributed by atoms with van der Waals surface area (Å²) in [6.45, 7) is 2.12. The Bertz CT molecular complexity index is 664. The molecule has 1 amide bonds. The van der Waals surface area contributed by atoms with Gasteiger partial charge in [-0.05, 0) is 42.7 Å². The van der Waals surface area contributed by atoms with Gasteiger partial charge in [-0.1, -0.05) is 18.2 Å². The second-order valence-electron chi connectivity index (χ2n) is 6.02. The first-order valence-electron chi connectivity index (χ1n) is 7.78. The molecule has 0 spiro atoms. The zero-order chi connectivity index (χ0) is 16.3. The summed E-state index contributed by atoms with van der Waals surface area (Å²) in [4.78, 5) is 17.5. The lowest BCUT2D eigenvalue weighted by atomic mass is 9.89. The zero-order valence-corrected chi connectivity index (χ0v) is 12.9. The maximum atomic E-state index is 15.0. The van der Waals surface area contributed by atoms with E-state index < -0.39 is 11.6 Å². The fourth-order valence-corrected chi connectivity index (χ4v) is 2.98. The highest BCUT2D eigenvalue weighted by Gasteiger charge is 2.37. The summed E-state index contributed by atoms with van der Waals surface area (Å²) in [5.74, 6) is -0.424. The smallest absolute Gasteiger partial charge is 0.248 e. The maximum absolute atomic E-state index is 15.0. The Labute approximate surface area is 135 Å². The van der Waals surface area contributed by atoms with Crippen molar-refractivity contribution < 1.29 is 9.18 Å². The summed E-state index contributed by atoms with van der Waals surface area (Å²) in [5.41, 5.74) is 6.04. The lowest BCUT2D eigenvalue weighted by Gasteiger charge is -2.36. The van der Waals surface area contributed by atoms with Gasteiger partial charge in [0.25, 0.3) is 0 Å². The number of alkyl halides is 1. The van der Waals surface area contributed by atoms with Crippen molar-refractivity contribution in [3.63, 3.8) is 0 Å². The highest BCUT2D eigenvalue weighted by molar-refractivity contribution is 5.92. The lowest BCUT2D eigenvalue weighted by Crippen LogP contribution is -2.40. The van der Waals surface area contributed by atoms with Gasteiger partial charge in [0.1, 0.15) is 0 Å². The number of piperidine rings is 1. The average molecular weight is 313 g/mol. The first kappa shape index (κ1) is 15.6. The molecule has 4 nitrogen and oxygen atoms in total. The molecule has 1 aromatic heterocycles. The second kappa shape index (κ2) is 6.46. The van der Waals surface area contributed by atoms with Crippen LogP contribution in [0.4, 0.5) is 4.39 Å². The van der Waals surface area contributed by atoms with E-state index in [1.54, 1.807) is 30.5 Å². The first-order chi connectivity index (χ1) is 11.1. The lowest BCUT2D eigenvalue weighted by molar-refractivity contribution is 0.0490. The highest BCUT2D eigenvalue weighted by Crippen LogP contribution is 2.35. The van der Waals surface area contributed by atoms with Crippen molar-refractivity contribution in [2.45, 2.75) is 25.1 Å². The van der Waals surface area contributed by atoms with Crippen molar-refractivity contribution in [2.24, 2.45) is 5.73 Å². The number of benzene rings is 1. The number of nitrogens with two attached hydrogens (primary N) is 1. The fraction of sp³-hybridized carbons (Fsp3) is 0.333. The topological polar surface area (TPSA) is 59.2 Å². The largest absolute Gasteiger partial charge is 0.366 e. The van der Waals surface area contributed by atoms with Gasteiger partial charge >= 0.3 is 0 Å². The molecule has 23 heavy (non-hydrogen) atoms. The van der Waals surface area contributed by atoms with E-state index in [9.17, 15) is 4.79 Å². The molecule has 1 fully saturated rings. The van der Waals surface area contributed by atoms with Crippen LogP contribution in [0.1, 0.15) is 34.5 Å². The monoisotopic (exact) mass is 313 g/mol. The van der Waals surface area contributed by atoms with E-state index in [1.807, 2.05) is 18.2 Å². The molecule has 0 saturated carbocycles. The van der Waals surface area contributed by atoms with E-state index in [2.05, 4.69) is 9.88 Å². The van der Waals surface area contributed by atoms with Gasteiger partial charge < -0.3 is 5.73 Å². The molecule has 3 rings (SSSR count). The summed E-state index contributed by atoms with van der Waals surface area (Å²) in [7, 11) is 0. The molecule has 0 aliphatic carbocycles. The van der Waals surface area contributed by atoms with Gasteiger partial charge in [-0.15, -0.1) is 0 Å². The van der Waals surface area contributed by atoms with E-state index in [0.29, 0.717) is 37.2 Å². The van der Waals surface area contributed by atoms with Gasteiger partial charge in [0.2, 0.25) is 5.91 Å². The predicted molar refractivity (Wildman–Crippen MR) is 86.5 cm³/mol. The number of aromatic nitrogens is 1. The van der Waals surface area contributed by atoms with E-state index in [0.717, 1.165) is 12.1 Å². The van der Waals surface area contributed by atoms with Gasteiger partial charge in [-0.25, -0.2) is 4.39 Å². The number of carbonyl (C=O) groups excluding carboxylic acids is 1. The van der Waals surface area contributed by atoms with Gasteiger partial charge in [-0.2, -0.15) is 0 Å². The van der Waals surface area contributed by atoms with E-state index in [4.69, 9.17) is 5.73 Å². The van der Waals surface area contributed by atoms with Crippen LogP contribution in [-0.2, 0) is 12.2 Å². The number of carbonyl (C=O) groups is 1. The molecule has 1 aliphatic heterocycles. The molecule has 0 bridgehead atoms. The number of likely N-dealkylation sites (tertiary alicyclic amines) is 1. The third-order valence-electron chi connectivity index (χ3n) is 4.42. The normalized spacial score (nSPS) is 17.8. The molecule has 1 aliphatic rings. The maximum Gasteiger partial charge on any atom is 0.248 e. The van der Waals surface area contributed by atoms with Crippen LogP contribution in [0.25, 0.3) is 0 Å². The van der Waals surface area contributed by atoms with Crippen molar-refractivity contribution in [1.82, 2.24) is 9.88 Å². The predicted octanol–water partition coefficient (Wildman–Crippen LogP) is 2.64. The average Bonchev–Trinajstić information content (AvgIpc) is 2.58. The van der Waals surface area contributed by atoms with Gasteiger partial charge in [0, 0.05) is 31.4 Å². The fourth-order valence-electron chi connectivity index (χ4n) is 2.98. The molecular weight excluding hydrogens is 293 g/mol. The quantitative estimate of drug-likeness (QED) is 0.944. The molecule has 0 radical (unpaired) electrons. The van der Waals surface area contributed by atoms with Crippen molar-refractivity contribution in [3.8, 4) is 0 Å².